The number of hydrogen-bond acceptors (Lipinski definition) is 4. The van der Waals surface area contributed by atoms with E-state index in [9.17, 15) is 23.1 Å². The fraction of sp³-hybridized carbons (Fsp3) is 0.367. The molecule has 4 rings (SSSR count). The number of carbonyl (C=O) groups is 1. The second-order valence-corrected chi connectivity index (χ2v) is 13.5. The third-order valence-electron chi connectivity index (χ3n) is 7.13. The summed E-state index contributed by atoms with van der Waals surface area (Å²) in [6, 6.07) is 20.6. The standard InChI is InChI=1S/C30H34F3NO4Si/c1-19-17-34(28(35)29(36)38-19)27(20-15-24(31)26(33)25(32)16-20)23(30(2,3)4)18-37-39(21-11-7-5-8-12-21)22-13-9-6-10-14-22/h5-16,19,23,27,29,36,39H,17-18H2,1-4H3/t19?,23-,27+,29?/m1/s1. The van der Waals surface area contributed by atoms with Crippen LogP contribution in [0, 0.1) is 28.8 Å². The lowest BCUT2D eigenvalue weighted by atomic mass is 9.73. The van der Waals surface area contributed by atoms with Gasteiger partial charge >= 0.3 is 0 Å². The number of hydrogen-bond donors (Lipinski definition) is 1. The minimum absolute atomic E-state index is 0.0754. The van der Waals surface area contributed by atoms with E-state index in [0.29, 0.717) is 0 Å². The highest BCUT2D eigenvalue weighted by Gasteiger charge is 2.44. The van der Waals surface area contributed by atoms with Crippen LogP contribution in [0.4, 0.5) is 13.2 Å². The number of nitrogens with zero attached hydrogens (tertiary/aromatic N) is 1. The molecule has 1 saturated heterocycles. The van der Waals surface area contributed by atoms with E-state index >= 15 is 0 Å². The second-order valence-electron chi connectivity index (χ2n) is 11.0. The lowest BCUT2D eigenvalue weighted by Crippen LogP contribution is -2.55. The Balaban J connectivity index is 1.79. The van der Waals surface area contributed by atoms with Crippen molar-refractivity contribution in [3.63, 3.8) is 0 Å². The van der Waals surface area contributed by atoms with Crippen LogP contribution in [-0.4, -0.2) is 50.5 Å². The topological polar surface area (TPSA) is 59.0 Å². The van der Waals surface area contributed by atoms with Crippen molar-refractivity contribution in [2.24, 2.45) is 11.3 Å². The SMILES string of the molecule is CC1CN([C@@H](c2cc(F)c(F)c(F)c2)[C@@H](CO[SiH](c2ccccc2)c2ccccc2)C(C)(C)C)C(=O)C(O)O1. The quantitative estimate of drug-likeness (QED) is 0.337. The van der Waals surface area contributed by atoms with E-state index < -0.39 is 62.2 Å². The van der Waals surface area contributed by atoms with Crippen LogP contribution in [-0.2, 0) is 14.0 Å². The number of aliphatic hydroxyl groups excluding tert-OH is 1. The molecular formula is C30H34F3NO4Si. The van der Waals surface area contributed by atoms with Gasteiger partial charge in [-0.1, -0.05) is 81.4 Å². The molecule has 1 aliphatic heterocycles. The molecule has 9 heteroatoms. The van der Waals surface area contributed by atoms with Crippen LogP contribution in [0.3, 0.4) is 0 Å². The largest absolute Gasteiger partial charge is 0.411 e. The zero-order valence-corrected chi connectivity index (χ0v) is 23.6. The monoisotopic (exact) mass is 557 g/mol. The van der Waals surface area contributed by atoms with E-state index in [0.717, 1.165) is 22.5 Å². The van der Waals surface area contributed by atoms with E-state index in [2.05, 4.69) is 0 Å². The molecule has 3 aromatic rings. The predicted molar refractivity (Wildman–Crippen MR) is 146 cm³/mol. The first-order valence-corrected chi connectivity index (χ1v) is 14.6. The summed E-state index contributed by atoms with van der Waals surface area (Å²) in [4.78, 5) is 14.6. The summed E-state index contributed by atoms with van der Waals surface area (Å²) in [6.07, 6.45) is -2.25. The van der Waals surface area contributed by atoms with Crippen molar-refractivity contribution in [2.45, 2.75) is 46.1 Å². The number of rotatable bonds is 8. The summed E-state index contributed by atoms with van der Waals surface area (Å²) < 4.78 is 55.0. The number of amides is 1. The van der Waals surface area contributed by atoms with Crippen molar-refractivity contribution in [2.75, 3.05) is 13.2 Å². The van der Waals surface area contributed by atoms with Crippen molar-refractivity contribution in [1.82, 2.24) is 4.90 Å². The number of morpholine rings is 1. The Kier molecular flexibility index (Phi) is 8.95. The van der Waals surface area contributed by atoms with Crippen molar-refractivity contribution in [1.29, 1.82) is 0 Å². The third-order valence-corrected chi connectivity index (χ3v) is 9.64. The highest BCUT2D eigenvalue weighted by molar-refractivity contribution is 6.80. The Morgan fingerprint density at radius 2 is 1.51 bits per heavy atom. The van der Waals surface area contributed by atoms with Gasteiger partial charge in [-0.25, -0.2) is 13.2 Å². The predicted octanol–water partition coefficient (Wildman–Crippen LogP) is 3.93. The summed E-state index contributed by atoms with van der Waals surface area (Å²) in [5.41, 5.74) is -0.451. The lowest BCUT2D eigenvalue weighted by molar-refractivity contribution is -0.204. The average Bonchev–Trinajstić information content (AvgIpc) is 2.89. The minimum Gasteiger partial charge on any atom is -0.411 e. The molecule has 39 heavy (non-hydrogen) atoms. The molecule has 208 valence electrons. The van der Waals surface area contributed by atoms with Gasteiger partial charge in [-0.05, 0) is 40.4 Å². The maximum Gasteiger partial charge on any atom is 0.279 e. The number of ether oxygens (including phenoxy) is 1. The fourth-order valence-electron chi connectivity index (χ4n) is 5.11. The smallest absolute Gasteiger partial charge is 0.279 e. The molecule has 0 aromatic heterocycles. The molecule has 4 atom stereocenters. The van der Waals surface area contributed by atoms with Gasteiger partial charge in [0.1, 0.15) is 0 Å². The number of benzene rings is 3. The molecule has 3 aromatic carbocycles. The molecule has 0 spiro atoms. The Hall–Kier alpha value is -2.98. The van der Waals surface area contributed by atoms with Gasteiger partial charge < -0.3 is 19.2 Å². The zero-order valence-electron chi connectivity index (χ0n) is 22.5. The van der Waals surface area contributed by atoms with Gasteiger partial charge in [-0.15, -0.1) is 0 Å². The van der Waals surface area contributed by atoms with Gasteiger partial charge in [0.15, 0.2) is 17.5 Å². The number of aliphatic hydroxyl groups is 1. The highest BCUT2D eigenvalue weighted by Crippen LogP contribution is 2.42. The van der Waals surface area contributed by atoms with Crippen LogP contribution >= 0.6 is 0 Å². The van der Waals surface area contributed by atoms with E-state index in [-0.39, 0.29) is 18.7 Å². The van der Waals surface area contributed by atoms with Gasteiger partial charge in [-0.3, -0.25) is 4.79 Å². The molecule has 5 nitrogen and oxygen atoms in total. The van der Waals surface area contributed by atoms with E-state index in [1.807, 2.05) is 81.4 Å². The van der Waals surface area contributed by atoms with Gasteiger partial charge in [-0.2, -0.15) is 0 Å². The molecule has 1 heterocycles. The maximum absolute atomic E-state index is 14.5. The Morgan fingerprint density at radius 1 is 1.00 bits per heavy atom. The van der Waals surface area contributed by atoms with Gasteiger partial charge in [0, 0.05) is 19.1 Å². The molecular weight excluding hydrogens is 523 g/mol. The molecule has 0 aliphatic carbocycles. The van der Waals surface area contributed by atoms with Crippen LogP contribution in [0.2, 0.25) is 0 Å². The van der Waals surface area contributed by atoms with Crippen LogP contribution in [0.15, 0.2) is 72.8 Å². The first-order valence-electron chi connectivity index (χ1n) is 13.0. The number of carbonyl (C=O) groups excluding carboxylic acids is 1. The first kappa shape index (κ1) is 29.0. The Morgan fingerprint density at radius 3 is 2.00 bits per heavy atom. The lowest BCUT2D eigenvalue weighted by Gasteiger charge is -2.46. The fourth-order valence-corrected chi connectivity index (χ4v) is 7.42. The molecule has 1 fully saturated rings. The second kappa shape index (κ2) is 12.0. The number of halogens is 3. The minimum atomic E-state index is -2.21. The Labute approximate surface area is 228 Å². The van der Waals surface area contributed by atoms with Gasteiger partial charge in [0.05, 0.1) is 12.1 Å². The van der Waals surface area contributed by atoms with E-state index in [1.165, 1.54) is 4.90 Å². The molecule has 1 aliphatic rings. The third kappa shape index (κ3) is 6.61. The van der Waals surface area contributed by atoms with E-state index in [4.69, 9.17) is 9.16 Å². The molecule has 0 radical (unpaired) electrons. The molecule has 1 amide bonds. The Bertz CT molecular complexity index is 1210. The first-order chi connectivity index (χ1) is 18.5. The summed E-state index contributed by atoms with van der Waals surface area (Å²) in [6.45, 7) is 7.78. The van der Waals surface area contributed by atoms with Crippen LogP contribution in [0.1, 0.15) is 39.3 Å². The molecule has 1 N–H and O–H groups in total. The van der Waals surface area contributed by atoms with Crippen LogP contribution in [0.5, 0.6) is 0 Å². The van der Waals surface area contributed by atoms with Gasteiger partial charge in [0.25, 0.3) is 5.91 Å². The molecule has 0 saturated carbocycles. The van der Waals surface area contributed by atoms with Crippen LogP contribution < -0.4 is 10.4 Å². The maximum atomic E-state index is 14.5. The van der Waals surface area contributed by atoms with Crippen molar-refractivity contribution in [3.8, 4) is 0 Å². The molecule has 2 unspecified atom stereocenters. The normalized spacial score (nSPS) is 19.8. The van der Waals surface area contributed by atoms with Crippen molar-refractivity contribution < 1.29 is 32.2 Å². The van der Waals surface area contributed by atoms with Crippen molar-refractivity contribution in [3.05, 3.63) is 95.8 Å². The zero-order chi connectivity index (χ0) is 28.3. The summed E-state index contributed by atoms with van der Waals surface area (Å²) in [5, 5.41) is 12.4. The average molecular weight is 558 g/mol. The van der Waals surface area contributed by atoms with E-state index in [1.54, 1.807) is 6.92 Å². The molecule has 0 bridgehead atoms. The van der Waals surface area contributed by atoms with Crippen LogP contribution in [0.25, 0.3) is 0 Å². The summed E-state index contributed by atoms with van der Waals surface area (Å²) >= 11 is 0. The summed E-state index contributed by atoms with van der Waals surface area (Å²) in [7, 11) is -2.21. The van der Waals surface area contributed by atoms with Gasteiger partial charge in [0.2, 0.25) is 15.3 Å². The summed E-state index contributed by atoms with van der Waals surface area (Å²) in [5.74, 6) is -5.50. The van der Waals surface area contributed by atoms with Crippen molar-refractivity contribution >= 4 is 25.3 Å². The highest BCUT2D eigenvalue weighted by atomic mass is 28.3.